The summed E-state index contributed by atoms with van der Waals surface area (Å²) in [6, 6.07) is 10.2. The number of halogens is 1. The van der Waals surface area contributed by atoms with Crippen LogP contribution in [0.15, 0.2) is 40.0 Å². The smallest absolute Gasteiger partial charge is 0.240 e. The van der Waals surface area contributed by atoms with Crippen LogP contribution in [0.1, 0.15) is 22.1 Å². The average molecular weight is 457 g/mol. The van der Waals surface area contributed by atoms with Gasteiger partial charge in [0.15, 0.2) is 5.82 Å². The maximum atomic E-state index is 9.34. The Labute approximate surface area is 172 Å². The Balaban J connectivity index is 1.78. The Kier molecular flexibility index (Phi) is 4.95. The van der Waals surface area contributed by atoms with Crippen molar-refractivity contribution in [2.75, 3.05) is 0 Å². The summed E-state index contributed by atoms with van der Waals surface area (Å²) < 4.78 is 2.68. The van der Waals surface area contributed by atoms with E-state index in [1.807, 2.05) is 19.1 Å². The average Bonchev–Trinajstić information content (AvgIpc) is 3.25. The summed E-state index contributed by atoms with van der Waals surface area (Å²) in [4.78, 5) is 12.8. The number of aryl methyl sites for hydroxylation is 2. The molecule has 1 aromatic carbocycles. The minimum atomic E-state index is 0.213. The Morgan fingerprint density at radius 3 is 2.74 bits per heavy atom. The number of nitrogens with zero attached hydrogens (tertiary/aromatic N) is 6. The molecule has 0 unspecified atom stereocenters. The summed E-state index contributed by atoms with van der Waals surface area (Å²) in [5, 5.41) is 18.0. The number of fused-ring (bicyclic) bond motifs is 1. The minimum Gasteiger partial charge on any atom is -0.256 e. The molecule has 0 amide bonds. The molecule has 3 aromatic heterocycles. The van der Waals surface area contributed by atoms with E-state index in [-0.39, 0.29) is 5.82 Å². The molecule has 9 heteroatoms. The highest BCUT2D eigenvalue weighted by molar-refractivity contribution is 9.10. The maximum Gasteiger partial charge on any atom is 0.240 e. The van der Waals surface area contributed by atoms with Crippen LogP contribution in [0.4, 0.5) is 0 Å². The molecule has 0 aliphatic heterocycles. The fourth-order valence-corrected chi connectivity index (χ4v) is 4.72. The van der Waals surface area contributed by atoms with Crippen LogP contribution in [0.5, 0.6) is 0 Å². The lowest BCUT2D eigenvalue weighted by molar-refractivity contribution is 0.939. The molecule has 6 nitrogen and oxygen atoms in total. The van der Waals surface area contributed by atoms with Crippen LogP contribution in [0.25, 0.3) is 16.0 Å². The second kappa shape index (κ2) is 7.38. The number of benzene rings is 1. The van der Waals surface area contributed by atoms with Gasteiger partial charge in [-0.05, 0) is 43.7 Å². The Bertz CT molecular complexity index is 1170. The molecule has 4 rings (SSSR count). The number of hydrogen-bond donors (Lipinski definition) is 0. The molecule has 134 valence electrons. The van der Waals surface area contributed by atoms with Crippen molar-refractivity contribution < 1.29 is 0 Å². The van der Waals surface area contributed by atoms with Crippen LogP contribution < -0.4 is 0 Å². The van der Waals surface area contributed by atoms with E-state index in [1.165, 1.54) is 11.2 Å². The molecular weight excluding hydrogens is 444 g/mol. The predicted molar refractivity (Wildman–Crippen MR) is 110 cm³/mol. The molecule has 0 fully saturated rings. The van der Waals surface area contributed by atoms with E-state index in [2.05, 4.69) is 51.3 Å². The SMILES string of the molecule is Cc1sc2nc(CSc3ccc(Br)cc3)nc(-n3cnnc3C#N)c2c1C. The van der Waals surface area contributed by atoms with Crippen molar-refractivity contribution >= 4 is 49.2 Å². The number of aromatic nitrogens is 5. The van der Waals surface area contributed by atoms with E-state index in [4.69, 9.17) is 9.97 Å². The Hall–Kier alpha value is -2.28. The van der Waals surface area contributed by atoms with E-state index in [0.717, 1.165) is 25.1 Å². The zero-order valence-electron chi connectivity index (χ0n) is 14.5. The third-order valence-electron chi connectivity index (χ3n) is 4.11. The number of hydrogen-bond acceptors (Lipinski definition) is 7. The van der Waals surface area contributed by atoms with Gasteiger partial charge >= 0.3 is 0 Å². The van der Waals surface area contributed by atoms with Gasteiger partial charge in [0.05, 0.1) is 11.1 Å². The molecule has 27 heavy (non-hydrogen) atoms. The van der Waals surface area contributed by atoms with Crippen LogP contribution in [0.3, 0.4) is 0 Å². The summed E-state index contributed by atoms with van der Waals surface area (Å²) >= 11 is 6.76. The molecule has 0 spiro atoms. The fraction of sp³-hybridized carbons (Fsp3) is 0.167. The summed E-state index contributed by atoms with van der Waals surface area (Å²) in [5.74, 6) is 2.22. The molecular formula is C18H13BrN6S2. The minimum absolute atomic E-state index is 0.213. The molecule has 0 saturated heterocycles. The van der Waals surface area contributed by atoms with Gasteiger partial charge in [-0.15, -0.1) is 33.3 Å². The van der Waals surface area contributed by atoms with Gasteiger partial charge in [-0.25, -0.2) is 9.97 Å². The van der Waals surface area contributed by atoms with Gasteiger partial charge in [-0.1, -0.05) is 15.9 Å². The second-order valence-electron chi connectivity index (χ2n) is 5.81. The fourth-order valence-electron chi connectivity index (χ4n) is 2.66. The summed E-state index contributed by atoms with van der Waals surface area (Å²) in [5.41, 5.74) is 1.12. The van der Waals surface area contributed by atoms with Gasteiger partial charge in [0.25, 0.3) is 0 Å². The van der Waals surface area contributed by atoms with Gasteiger partial charge < -0.3 is 0 Å². The summed E-state index contributed by atoms with van der Waals surface area (Å²) in [6.45, 7) is 4.12. The molecule has 0 N–H and O–H groups in total. The van der Waals surface area contributed by atoms with E-state index in [0.29, 0.717) is 17.4 Å². The third kappa shape index (κ3) is 3.48. The van der Waals surface area contributed by atoms with Crippen LogP contribution in [0.2, 0.25) is 0 Å². The first-order chi connectivity index (χ1) is 13.1. The number of thiophene rings is 1. The lowest BCUT2D eigenvalue weighted by Crippen LogP contribution is -2.05. The van der Waals surface area contributed by atoms with Crippen molar-refractivity contribution in [3.8, 4) is 11.9 Å². The van der Waals surface area contributed by atoms with E-state index in [9.17, 15) is 5.26 Å². The van der Waals surface area contributed by atoms with E-state index >= 15 is 0 Å². The van der Waals surface area contributed by atoms with Crippen LogP contribution >= 0.6 is 39.0 Å². The van der Waals surface area contributed by atoms with Crippen LogP contribution in [-0.2, 0) is 5.75 Å². The monoisotopic (exact) mass is 456 g/mol. The van der Waals surface area contributed by atoms with Crippen LogP contribution in [0, 0.1) is 25.2 Å². The number of thioether (sulfide) groups is 1. The zero-order chi connectivity index (χ0) is 19.0. The number of nitriles is 1. The maximum absolute atomic E-state index is 9.34. The van der Waals surface area contributed by atoms with E-state index in [1.54, 1.807) is 27.7 Å². The molecule has 3 heterocycles. The molecule has 0 bridgehead atoms. The van der Waals surface area contributed by atoms with Crippen molar-refractivity contribution in [1.29, 1.82) is 5.26 Å². The normalized spacial score (nSPS) is 11.0. The quantitative estimate of drug-likeness (QED) is 0.409. The first-order valence-corrected chi connectivity index (χ1v) is 10.6. The number of rotatable bonds is 4. The highest BCUT2D eigenvalue weighted by Gasteiger charge is 2.18. The predicted octanol–water partition coefficient (Wildman–Crippen LogP) is 4.82. The first-order valence-electron chi connectivity index (χ1n) is 8.02. The molecule has 4 aromatic rings. The highest BCUT2D eigenvalue weighted by atomic mass is 79.9. The molecule has 0 atom stereocenters. The van der Waals surface area contributed by atoms with Crippen molar-refractivity contribution in [3.05, 3.63) is 57.2 Å². The second-order valence-corrected chi connectivity index (χ2v) is 8.97. The third-order valence-corrected chi connectivity index (χ3v) is 6.75. The first kappa shape index (κ1) is 18.1. The largest absolute Gasteiger partial charge is 0.256 e. The van der Waals surface area contributed by atoms with E-state index < -0.39 is 0 Å². The molecule has 0 saturated carbocycles. The highest BCUT2D eigenvalue weighted by Crippen LogP contribution is 2.33. The van der Waals surface area contributed by atoms with Gasteiger partial charge in [-0.2, -0.15) is 5.26 Å². The standard InChI is InChI=1S/C18H13BrN6S2/c1-10-11(2)27-18-16(10)17(25-9-21-24-15(25)7-20)22-14(23-18)8-26-13-5-3-12(19)4-6-13/h3-6,9H,8H2,1-2H3. The topological polar surface area (TPSA) is 80.3 Å². The lowest BCUT2D eigenvalue weighted by Gasteiger charge is -2.08. The Morgan fingerprint density at radius 1 is 1.22 bits per heavy atom. The molecule has 0 radical (unpaired) electrons. The Morgan fingerprint density at radius 2 is 2.00 bits per heavy atom. The lowest BCUT2D eigenvalue weighted by atomic mass is 10.2. The van der Waals surface area contributed by atoms with Crippen molar-refractivity contribution in [2.24, 2.45) is 0 Å². The zero-order valence-corrected chi connectivity index (χ0v) is 17.7. The van der Waals surface area contributed by atoms with Gasteiger partial charge in [0.2, 0.25) is 5.82 Å². The van der Waals surface area contributed by atoms with Crippen molar-refractivity contribution in [3.63, 3.8) is 0 Å². The van der Waals surface area contributed by atoms with Gasteiger partial charge in [0.1, 0.15) is 23.1 Å². The van der Waals surface area contributed by atoms with Gasteiger partial charge in [0, 0.05) is 14.2 Å². The van der Waals surface area contributed by atoms with Crippen LogP contribution in [-0.4, -0.2) is 24.7 Å². The van der Waals surface area contributed by atoms with Crippen molar-refractivity contribution in [2.45, 2.75) is 24.5 Å². The molecule has 0 aliphatic carbocycles. The summed E-state index contributed by atoms with van der Waals surface area (Å²) in [6.07, 6.45) is 1.53. The summed E-state index contributed by atoms with van der Waals surface area (Å²) in [7, 11) is 0. The van der Waals surface area contributed by atoms with Gasteiger partial charge in [-0.3, -0.25) is 4.57 Å². The molecule has 0 aliphatic rings. The van der Waals surface area contributed by atoms with Crippen molar-refractivity contribution in [1.82, 2.24) is 24.7 Å².